The monoisotopic (exact) mass is 1200 g/mol. The van der Waals surface area contributed by atoms with Crippen LogP contribution in [0.2, 0.25) is 0 Å². The van der Waals surface area contributed by atoms with E-state index in [4.69, 9.17) is 0 Å². The van der Waals surface area contributed by atoms with Gasteiger partial charge >= 0.3 is 0 Å². The SMILES string of the molecule is CC=CC[C@@H](C)[C@@H](C)[C@@H]1C(=O)N[C@H](CC)C(=O)N(C)CC(=O)N(C)[C@@H](CC(C)C)C(=O)N[C@H](C(C)C)C(=O)N(C)[C@H](CC(C)C)C(=O)N[C@H](C)C(=O)N[C@@H](C)C(=O)N(C)[C@H](CC(C)C)C(=O)N(C)[C@H](CC(C)C)C(=O)N(C)[C@H](C(C)C)C(=O)N1C. The summed E-state index contributed by atoms with van der Waals surface area (Å²) >= 11 is 0. The van der Waals surface area contributed by atoms with Crippen LogP contribution in [0.25, 0.3) is 0 Å². The highest BCUT2D eigenvalue weighted by Crippen LogP contribution is 2.28. The first-order chi connectivity index (χ1) is 39.2. The first kappa shape index (κ1) is 76.9. The number of carbonyl (C=O) groups is 11. The van der Waals surface area contributed by atoms with E-state index in [2.05, 4.69) is 21.3 Å². The van der Waals surface area contributed by atoms with E-state index >= 15 is 9.59 Å². The topological polar surface area (TPSA) is 259 Å². The lowest BCUT2D eigenvalue weighted by Gasteiger charge is -2.42. The van der Waals surface area contributed by atoms with Crippen molar-refractivity contribution in [2.75, 3.05) is 55.9 Å². The highest BCUT2D eigenvalue weighted by molar-refractivity contribution is 5.99. The maximum Gasteiger partial charge on any atom is 0.246 e. The van der Waals surface area contributed by atoms with Crippen molar-refractivity contribution in [3.63, 3.8) is 0 Å². The third kappa shape index (κ3) is 21.7. The maximum atomic E-state index is 15.2. The highest BCUT2D eigenvalue weighted by Gasteiger charge is 2.45. The second-order valence-corrected chi connectivity index (χ2v) is 26.5. The number of amides is 11. The lowest BCUT2D eigenvalue weighted by Crippen LogP contribution is -2.62. The van der Waals surface area contributed by atoms with Gasteiger partial charge in [-0.3, -0.25) is 52.7 Å². The molecule has 0 spiro atoms. The quantitative estimate of drug-likeness (QED) is 0.166. The van der Waals surface area contributed by atoms with Crippen molar-refractivity contribution in [1.29, 1.82) is 0 Å². The third-order valence-corrected chi connectivity index (χ3v) is 16.6. The van der Waals surface area contributed by atoms with Gasteiger partial charge < -0.3 is 55.6 Å². The molecule has 1 rings (SSSR count). The minimum absolute atomic E-state index is 0.105. The van der Waals surface area contributed by atoms with E-state index in [1.165, 1.54) is 97.5 Å². The van der Waals surface area contributed by atoms with Crippen LogP contribution < -0.4 is 21.3 Å². The number of hydrogen-bond donors (Lipinski definition) is 4. The van der Waals surface area contributed by atoms with Gasteiger partial charge in [0, 0.05) is 49.3 Å². The molecule has 486 valence electrons. The number of rotatable bonds is 15. The second kappa shape index (κ2) is 34.9. The predicted molar refractivity (Wildman–Crippen MR) is 332 cm³/mol. The molecule has 1 heterocycles. The molecule has 0 aromatic heterocycles. The summed E-state index contributed by atoms with van der Waals surface area (Å²) < 4.78 is 0. The number of nitrogens with one attached hydrogen (secondary N) is 4. The predicted octanol–water partition coefficient (Wildman–Crippen LogP) is 4.54. The van der Waals surface area contributed by atoms with Crippen LogP contribution in [0.1, 0.15) is 163 Å². The van der Waals surface area contributed by atoms with Crippen molar-refractivity contribution < 1.29 is 52.7 Å². The van der Waals surface area contributed by atoms with Crippen LogP contribution in [-0.4, -0.2) is 216 Å². The number of allylic oxidation sites excluding steroid dienone is 2. The van der Waals surface area contributed by atoms with Crippen molar-refractivity contribution in [2.24, 2.45) is 47.3 Å². The largest absolute Gasteiger partial charge is 0.343 e. The van der Waals surface area contributed by atoms with Gasteiger partial charge in [0.1, 0.15) is 60.4 Å². The van der Waals surface area contributed by atoms with Gasteiger partial charge in [0.2, 0.25) is 65.0 Å². The van der Waals surface area contributed by atoms with Crippen molar-refractivity contribution in [3.8, 4) is 0 Å². The normalized spacial score (nSPS) is 26.9. The Hall–Kier alpha value is -6.09. The van der Waals surface area contributed by atoms with E-state index < -0.39 is 150 Å². The van der Waals surface area contributed by atoms with Gasteiger partial charge in [0.05, 0.1) is 6.54 Å². The molecule has 1 saturated heterocycles. The van der Waals surface area contributed by atoms with Gasteiger partial charge in [-0.1, -0.05) is 116 Å². The summed E-state index contributed by atoms with van der Waals surface area (Å²) in [7, 11) is 10.3. The summed E-state index contributed by atoms with van der Waals surface area (Å²) in [5.41, 5.74) is 0. The maximum absolute atomic E-state index is 15.2. The number of nitrogens with zero attached hydrogens (tertiary/aromatic N) is 7. The molecular weight excluding hydrogens is 1090 g/mol. The Labute approximate surface area is 510 Å². The summed E-state index contributed by atoms with van der Waals surface area (Å²) in [5, 5.41) is 11.2. The van der Waals surface area contributed by atoms with E-state index in [1.54, 1.807) is 34.6 Å². The molecule has 4 N–H and O–H groups in total. The van der Waals surface area contributed by atoms with Crippen molar-refractivity contribution in [2.45, 2.75) is 224 Å². The summed E-state index contributed by atoms with van der Waals surface area (Å²) in [5.74, 6) is -8.87. The zero-order valence-electron chi connectivity index (χ0n) is 56.6. The zero-order chi connectivity index (χ0) is 66.0. The summed E-state index contributed by atoms with van der Waals surface area (Å²) in [6.45, 7) is 32.0. The number of likely N-dealkylation sites (N-methyl/N-ethyl adjacent to an activating group) is 7. The van der Waals surface area contributed by atoms with E-state index in [1.807, 2.05) is 88.3 Å². The minimum atomic E-state index is -1.21. The van der Waals surface area contributed by atoms with E-state index in [-0.39, 0.29) is 61.7 Å². The van der Waals surface area contributed by atoms with Crippen LogP contribution in [0.5, 0.6) is 0 Å². The molecular formula is C63H113N11O11. The Kier molecular flexibility index (Phi) is 31.6. The highest BCUT2D eigenvalue weighted by atomic mass is 16.2. The molecule has 0 radical (unpaired) electrons. The van der Waals surface area contributed by atoms with Crippen LogP contribution in [0.3, 0.4) is 0 Å². The average molecular weight is 1200 g/mol. The molecule has 1 aliphatic heterocycles. The molecule has 12 atom stereocenters. The van der Waals surface area contributed by atoms with E-state index in [9.17, 15) is 43.2 Å². The Morgan fingerprint density at radius 2 is 0.847 bits per heavy atom. The fraction of sp³-hybridized carbons (Fsp3) is 0.794. The van der Waals surface area contributed by atoms with Crippen LogP contribution >= 0.6 is 0 Å². The Morgan fingerprint density at radius 1 is 0.435 bits per heavy atom. The lowest BCUT2D eigenvalue weighted by atomic mass is 9.84. The minimum Gasteiger partial charge on any atom is -0.343 e. The van der Waals surface area contributed by atoms with Gasteiger partial charge in [0.15, 0.2) is 0 Å². The van der Waals surface area contributed by atoms with Gasteiger partial charge in [-0.25, -0.2) is 0 Å². The van der Waals surface area contributed by atoms with Gasteiger partial charge in [-0.15, -0.1) is 0 Å². The summed E-state index contributed by atoms with van der Waals surface area (Å²) in [6, 6.07) is -11.5. The van der Waals surface area contributed by atoms with Crippen LogP contribution in [0.4, 0.5) is 0 Å². The molecule has 11 amide bonds. The van der Waals surface area contributed by atoms with E-state index in [0.717, 1.165) is 0 Å². The lowest BCUT2D eigenvalue weighted by molar-refractivity contribution is -0.156. The van der Waals surface area contributed by atoms with E-state index in [0.29, 0.717) is 6.42 Å². The summed E-state index contributed by atoms with van der Waals surface area (Å²) in [4.78, 5) is 170. The van der Waals surface area contributed by atoms with Gasteiger partial charge in [-0.2, -0.15) is 0 Å². The van der Waals surface area contributed by atoms with Crippen LogP contribution in [0, 0.1) is 47.3 Å². The van der Waals surface area contributed by atoms with Crippen molar-refractivity contribution >= 4 is 65.0 Å². The second-order valence-electron chi connectivity index (χ2n) is 26.5. The smallest absolute Gasteiger partial charge is 0.246 e. The molecule has 0 bridgehead atoms. The molecule has 1 fully saturated rings. The molecule has 85 heavy (non-hydrogen) atoms. The van der Waals surface area contributed by atoms with Crippen LogP contribution in [-0.2, 0) is 52.7 Å². The molecule has 22 nitrogen and oxygen atoms in total. The molecule has 0 aromatic carbocycles. The standard InChI is InChI=1S/C63H113N11O11/c1-26-28-29-41(15)42(16)53-57(79)66-45(27-2)59(81)68(19)34-50(75)69(20)46(30-35(3)4)56(78)67-51(39(11)12)62(84)70(21)47(31-36(5)6)55(77)64-43(17)54(76)65-44(18)58(80)71(22)48(32-37(7)8)60(82)72(23)49(33-38(9)10)61(83)73(24)52(40(13)14)63(85)74(53)25/h26,28,35-49,51-53H,27,29-34H2,1-25H3,(H,64,77)(H,65,76)(H,66,79)(H,67,78)/t41-,42-,43-,44+,45-,46+,47-,48-,49-,51-,52-,53-/m1/s1. The zero-order valence-corrected chi connectivity index (χ0v) is 56.6. The third-order valence-electron chi connectivity index (χ3n) is 16.6. The number of carbonyl (C=O) groups excluding carboxylic acids is 11. The van der Waals surface area contributed by atoms with Gasteiger partial charge in [-0.05, 0) is 107 Å². The molecule has 22 heteroatoms. The van der Waals surface area contributed by atoms with Crippen molar-refractivity contribution in [3.05, 3.63) is 12.2 Å². The Morgan fingerprint density at radius 3 is 1.29 bits per heavy atom. The Balaban J connectivity index is 4.32. The van der Waals surface area contributed by atoms with Crippen LogP contribution in [0.15, 0.2) is 12.2 Å². The molecule has 0 aromatic rings. The fourth-order valence-electron chi connectivity index (χ4n) is 11.0. The Bertz CT molecular complexity index is 2320. The first-order valence-corrected chi connectivity index (χ1v) is 30.9. The molecule has 0 aliphatic carbocycles. The van der Waals surface area contributed by atoms with Crippen molar-refractivity contribution in [1.82, 2.24) is 55.6 Å². The molecule has 0 saturated carbocycles. The fourth-order valence-corrected chi connectivity index (χ4v) is 11.0. The molecule has 0 unspecified atom stereocenters. The summed E-state index contributed by atoms with van der Waals surface area (Å²) in [6.07, 6.45) is 5.25. The van der Waals surface area contributed by atoms with Gasteiger partial charge in [0.25, 0.3) is 0 Å². The number of hydrogen-bond acceptors (Lipinski definition) is 11. The first-order valence-electron chi connectivity index (χ1n) is 30.9. The molecule has 1 aliphatic rings. The average Bonchev–Trinajstić information content (AvgIpc) is 3.62.